The van der Waals surface area contributed by atoms with Gasteiger partial charge in [0.05, 0.1) is 44.1 Å². The second-order valence-electron chi connectivity index (χ2n) is 19.9. The average Bonchev–Trinajstić information content (AvgIpc) is 4.23. The summed E-state index contributed by atoms with van der Waals surface area (Å²) in [6.07, 6.45) is 0. The fourth-order valence-corrected chi connectivity index (χ4v) is 17.6. The van der Waals surface area contributed by atoms with E-state index in [0.29, 0.717) is 17.8 Å². The number of benzene rings is 11. The van der Waals surface area contributed by atoms with Crippen molar-refractivity contribution < 1.29 is 0 Å². The summed E-state index contributed by atoms with van der Waals surface area (Å²) in [6, 6.07) is 99.2. The molecule has 77 heavy (non-hydrogen) atoms. The summed E-state index contributed by atoms with van der Waals surface area (Å²) < 4.78 is 9.17. The van der Waals surface area contributed by atoms with E-state index in [0.717, 1.165) is 92.9 Å². The predicted molar refractivity (Wildman–Crippen MR) is 321 cm³/mol. The normalized spacial score (nSPS) is 12.2. The Morgan fingerprint density at radius 3 is 1.04 bits per heavy atom. The molecular weight excluding hydrogens is 955 g/mol. The van der Waals surface area contributed by atoms with Crippen LogP contribution in [0.5, 0.6) is 0 Å². The fraction of sp³-hybridized carbons (Fsp3) is 0. The van der Waals surface area contributed by atoms with Crippen molar-refractivity contribution in [3.8, 4) is 23.5 Å². The Hall–Kier alpha value is -10.2. The Labute approximate surface area is 443 Å². The van der Waals surface area contributed by atoms with Crippen LogP contribution >= 0.6 is 0 Å². The smallest absolute Gasteiger partial charge is 0.241 e. The highest BCUT2D eigenvalue weighted by molar-refractivity contribution is 7.20. The van der Waals surface area contributed by atoms with E-state index in [1.165, 1.54) is 20.7 Å². The highest BCUT2D eigenvalue weighted by Crippen LogP contribution is 2.42. The van der Waals surface area contributed by atoms with Gasteiger partial charge in [-0.05, 0) is 75.3 Å². The number of aromatic nitrogens is 7. The largest absolute Gasteiger partial charge is 0.309 e. The lowest BCUT2D eigenvalue weighted by atomic mass is 10.1. The summed E-state index contributed by atoms with van der Waals surface area (Å²) in [7, 11) is -2.97. The average molecular weight is 1000 g/mol. The van der Waals surface area contributed by atoms with Gasteiger partial charge in [0.1, 0.15) is 0 Å². The van der Waals surface area contributed by atoms with E-state index in [2.05, 4.69) is 291 Å². The molecule has 0 aliphatic carbocycles. The molecule has 0 saturated heterocycles. The van der Waals surface area contributed by atoms with Crippen LogP contribution in [-0.2, 0) is 0 Å². The summed E-state index contributed by atoms with van der Waals surface area (Å²) in [5.74, 6) is 1.57. The van der Waals surface area contributed by atoms with E-state index in [1.807, 2.05) is 0 Å². The van der Waals surface area contributed by atoms with Crippen LogP contribution in [0.25, 0.3) is 111 Å². The third-order valence-electron chi connectivity index (χ3n) is 16.0. The molecule has 8 heteroatoms. The molecule has 5 aromatic heterocycles. The molecule has 0 radical (unpaired) electrons. The zero-order valence-corrected chi connectivity index (χ0v) is 42.6. The van der Waals surface area contributed by atoms with Crippen LogP contribution < -0.4 is 20.7 Å². The second-order valence-corrected chi connectivity index (χ2v) is 23.7. The van der Waals surface area contributed by atoms with Crippen molar-refractivity contribution in [1.82, 2.24) is 33.2 Å². The van der Waals surface area contributed by atoms with Crippen molar-refractivity contribution in [3.63, 3.8) is 0 Å². The maximum Gasteiger partial charge on any atom is 0.241 e. The van der Waals surface area contributed by atoms with Crippen molar-refractivity contribution in [1.29, 1.82) is 0 Å². The topological polar surface area (TPSA) is 58.4 Å². The molecule has 0 aliphatic heterocycles. The van der Waals surface area contributed by atoms with Crippen molar-refractivity contribution in [2.45, 2.75) is 0 Å². The Morgan fingerprint density at radius 1 is 0.234 bits per heavy atom. The lowest BCUT2D eigenvalue weighted by Gasteiger charge is -2.34. The van der Waals surface area contributed by atoms with Crippen LogP contribution in [0, 0.1) is 0 Å². The SMILES string of the molecule is c1ccc(-n2c3ccccc3c3c2ccc2c4cc([Si](c5ccccc5)(c5ccccc5)c5ccccc5)ccc4n(-c4nc(-n5c6ccccc6c6ccccc65)nc(-n5c6ccccc6c6ccccc65)n4)c23)cc1. The minimum absolute atomic E-state index is 0.517. The third-order valence-corrected chi connectivity index (χ3v) is 20.8. The molecular formula is C69H45N7Si. The van der Waals surface area contributed by atoms with Crippen molar-refractivity contribution in [2.75, 3.05) is 0 Å². The molecule has 7 nitrogen and oxygen atoms in total. The van der Waals surface area contributed by atoms with Gasteiger partial charge < -0.3 is 4.57 Å². The molecule has 0 unspecified atom stereocenters. The molecule has 5 heterocycles. The zero-order chi connectivity index (χ0) is 50.6. The molecule has 0 N–H and O–H groups in total. The van der Waals surface area contributed by atoms with Crippen LogP contribution in [0.1, 0.15) is 0 Å². The van der Waals surface area contributed by atoms with E-state index in [9.17, 15) is 0 Å². The molecule has 16 aromatic rings. The monoisotopic (exact) mass is 999 g/mol. The van der Waals surface area contributed by atoms with Gasteiger partial charge in [0.15, 0.2) is 8.07 Å². The van der Waals surface area contributed by atoms with Gasteiger partial charge in [0, 0.05) is 48.8 Å². The Morgan fingerprint density at radius 2 is 0.584 bits per heavy atom. The van der Waals surface area contributed by atoms with Gasteiger partial charge >= 0.3 is 0 Å². The van der Waals surface area contributed by atoms with Gasteiger partial charge in [-0.1, -0.05) is 218 Å². The lowest BCUT2D eigenvalue weighted by Crippen LogP contribution is -2.74. The van der Waals surface area contributed by atoms with Gasteiger partial charge in [0.25, 0.3) is 0 Å². The minimum Gasteiger partial charge on any atom is -0.309 e. The molecule has 0 bridgehead atoms. The molecule has 0 amide bonds. The van der Waals surface area contributed by atoms with Crippen LogP contribution in [0.15, 0.2) is 273 Å². The van der Waals surface area contributed by atoms with Crippen molar-refractivity contribution in [3.05, 3.63) is 273 Å². The number of rotatable bonds is 8. The zero-order valence-electron chi connectivity index (χ0n) is 41.6. The number of fused-ring (bicyclic) bond motifs is 13. The minimum atomic E-state index is -2.97. The molecule has 360 valence electrons. The van der Waals surface area contributed by atoms with E-state index in [4.69, 9.17) is 15.0 Å². The number of nitrogens with zero attached hydrogens (tertiary/aromatic N) is 7. The fourth-order valence-electron chi connectivity index (χ4n) is 12.8. The van der Waals surface area contributed by atoms with Crippen LogP contribution in [0.4, 0.5) is 0 Å². The number of hydrogen-bond acceptors (Lipinski definition) is 3. The molecule has 0 fully saturated rings. The first-order valence-electron chi connectivity index (χ1n) is 26.2. The highest BCUT2D eigenvalue weighted by Gasteiger charge is 2.42. The first-order chi connectivity index (χ1) is 38.2. The Kier molecular flexibility index (Phi) is 9.52. The highest BCUT2D eigenvalue weighted by atomic mass is 28.3. The van der Waals surface area contributed by atoms with Gasteiger partial charge in [-0.3, -0.25) is 13.7 Å². The summed E-state index contributed by atoms with van der Waals surface area (Å²) in [5, 5.41) is 14.2. The molecule has 0 atom stereocenters. The molecule has 11 aromatic carbocycles. The summed E-state index contributed by atoms with van der Waals surface area (Å²) in [5.41, 5.74) is 9.40. The number of hydrogen-bond donors (Lipinski definition) is 0. The summed E-state index contributed by atoms with van der Waals surface area (Å²) in [6.45, 7) is 0. The maximum absolute atomic E-state index is 5.75. The van der Waals surface area contributed by atoms with E-state index in [1.54, 1.807) is 0 Å². The quantitative estimate of drug-likeness (QED) is 0.113. The van der Waals surface area contributed by atoms with E-state index >= 15 is 0 Å². The van der Waals surface area contributed by atoms with Crippen molar-refractivity contribution >= 4 is 116 Å². The van der Waals surface area contributed by atoms with Crippen LogP contribution in [0.3, 0.4) is 0 Å². The molecule has 0 spiro atoms. The standard InChI is InChI=1S/C69H45N7Si/c1-5-23-46(24-6-1)73-62-40-22-17-35-56(62)65-64(73)44-42-55-57-45-50(77(47-25-7-2-8-26-47,48-27-9-3-10-28-48)49-29-11-4-12-30-49)41-43-63(57)76(66(55)65)69-71-67(74-58-36-18-13-31-51(58)52-32-14-19-37-59(52)74)70-68(72-69)75-60-38-20-15-33-53(60)54-34-16-21-39-61(54)75/h1-45H. The molecule has 0 saturated carbocycles. The summed E-state index contributed by atoms with van der Waals surface area (Å²) in [4.78, 5) is 17.1. The van der Waals surface area contributed by atoms with Gasteiger partial charge in [-0.25, -0.2) is 0 Å². The van der Waals surface area contributed by atoms with Crippen LogP contribution in [0.2, 0.25) is 0 Å². The van der Waals surface area contributed by atoms with Crippen LogP contribution in [-0.4, -0.2) is 41.3 Å². The Bertz CT molecular complexity index is 4640. The predicted octanol–water partition coefficient (Wildman–Crippen LogP) is 13.6. The van der Waals surface area contributed by atoms with E-state index in [-0.39, 0.29) is 0 Å². The first kappa shape index (κ1) is 43.3. The molecule has 0 aliphatic rings. The maximum atomic E-state index is 5.75. The lowest BCUT2D eigenvalue weighted by molar-refractivity contribution is 0.848. The summed E-state index contributed by atoms with van der Waals surface area (Å²) >= 11 is 0. The Balaban J connectivity index is 1.09. The van der Waals surface area contributed by atoms with Crippen molar-refractivity contribution in [2.24, 2.45) is 0 Å². The van der Waals surface area contributed by atoms with Gasteiger partial charge in [-0.15, -0.1) is 0 Å². The van der Waals surface area contributed by atoms with E-state index < -0.39 is 8.07 Å². The van der Waals surface area contributed by atoms with Gasteiger partial charge in [0.2, 0.25) is 17.8 Å². The second kappa shape index (κ2) is 16.9. The first-order valence-corrected chi connectivity index (χ1v) is 28.2. The number of para-hydroxylation sites is 6. The van der Waals surface area contributed by atoms with Gasteiger partial charge in [-0.2, -0.15) is 15.0 Å². The molecule has 16 rings (SSSR count). The third kappa shape index (κ3) is 6.27.